The minimum absolute atomic E-state index is 0.0136. The quantitative estimate of drug-likeness (QED) is 0.481. The minimum atomic E-state index is 0.0136. The number of halogens is 1. The number of methoxy groups -OCH3 is 2. The highest BCUT2D eigenvalue weighted by Crippen LogP contribution is 2.47. The van der Waals surface area contributed by atoms with Gasteiger partial charge in [0.15, 0.2) is 11.5 Å². The van der Waals surface area contributed by atoms with E-state index in [9.17, 15) is 0 Å². The van der Waals surface area contributed by atoms with Gasteiger partial charge in [-0.3, -0.25) is 0 Å². The highest BCUT2D eigenvalue weighted by atomic mass is 35.5. The second kappa shape index (κ2) is 9.47. The topological polar surface area (TPSA) is 88.7 Å². The number of ether oxygens (including phenoxy) is 4. The monoisotopic (exact) mass is 419 g/mol. The maximum Gasteiger partial charge on any atom is 0.328 e. The molecule has 2 heterocycles. The van der Waals surface area contributed by atoms with Gasteiger partial charge >= 0.3 is 6.01 Å². The van der Waals surface area contributed by atoms with Crippen LogP contribution in [-0.2, 0) is 6.42 Å². The molecular formula is C20H22ClN3O5. The molecule has 1 aromatic carbocycles. The van der Waals surface area contributed by atoms with Gasteiger partial charge < -0.3 is 23.4 Å². The normalized spacial score (nSPS) is 10.7. The Labute approximate surface area is 173 Å². The molecule has 9 heteroatoms. The Hall–Kier alpha value is -3.00. The van der Waals surface area contributed by atoms with Gasteiger partial charge in [0, 0.05) is 0 Å². The first-order valence-electron chi connectivity index (χ1n) is 9.14. The van der Waals surface area contributed by atoms with Crippen molar-refractivity contribution in [2.24, 2.45) is 0 Å². The molecule has 0 radical (unpaired) electrons. The van der Waals surface area contributed by atoms with Gasteiger partial charge in [0.2, 0.25) is 17.7 Å². The smallest absolute Gasteiger partial charge is 0.328 e. The first kappa shape index (κ1) is 20.7. The Morgan fingerprint density at radius 3 is 2.31 bits per heavy atom. The summed E-state index contributed by atoms with van der Waals surface area (Å²) in [6, 6.07) is 3.40. The lowest BCUT2D eigenvalue weighted by molar-refractivity contribution is 0.307. The first-order valence-corrected chi connectivity index (χ1v) is 9.51. The lowest BCUT2D eigenvalue weighted by atomic mass is 10.0. The van der Waals surface area contributed by atoms with Crippen LogP contribution in [0.4, 0.5) is 0 Å². The molecule has 0 atom stereocenters. The first-order chi connectivity index (χ1) is 14.1. The Morgan fingerprint density at radius 1 is 1.03 bits per heavy atom. The Balaban J connectivity index is 2.21. The molecule has 2 aromatic heterocycles. The van der Waals surface area contributed by atoms with Crippen molar-refractivity contribution in [2.75, 3.05) is 20.8 Å². The van der Waals surface area contributed by atoms with Crippen molar-refractivity contribution in [3.63, 3.8) is 0 Å². The van der Waals surface area contributed by atoms with E-state index in [1.165, 1.54) is 26.7 Å². The molecule has 154 valence electrons. The molecular weight excluding hydrogens is 398 g/mol. The van der Waals surface area contributed by atoms with Crippen molar-refractivity contribution >= 4 is 11.6 Å². The molecule has 3 aromatic rings. The summed E-state index contributed by atoms with van der Waals surface area (Å²) in [5.74, 6) is 1.73. The molecule has 0 bridgehead atoms. The molecule has 0 aliphatic carbocycles. The number of aromatic nitrogens is 3. The molecule has 0 saturated heterocycles. The van der Waals surface area contributed by atoms with Gasteiger partial charge in [0.05, 0.1) is 38.1 Å². The summed E-state index contributed by atoms with van der Waals surface area (Å²) in [7, 11) is 2.99. The maximum atomic E-state index is 6.59. The van der Waals surface area contributed by atoms with Gasteiger partial charge in [-0.2, -0.15) is 9.97 Å². The molecule has 0 fully saturated rings. The van der Waals surface area contributed by atoms with Crippen LogP contribution in [0.5, 0.6) is 29.3 Å². The van der Waals surface area contributed by atoms with Gasteiger partial charge in [-0.15, -0.1) is 0 Å². The number of aryl methyl sites for hydroxylation is 1. The maximum absolute atomic E-state index is 6.59. The van der Waals surface area contributed by atoms with Crippen molar-refractivity contribution in [3.05, 3.63) is 35.2 Å². The van der Waals surface area contributed by atoms with Gasteiger partial charge in [0.1, 0.15) is 11.8 Å². The minimum Gasteiger partial charge on any atom is -0.490 e. The Kier molecular flexibility index (Phi) is 6.77. The van der Waals surface area contributed by atoms with Crippen molar-refractivity contribution in [3.8, 4) is 40.7 Å². The largest absolute Gasteiger partial charge is 0.490 e. The molecule has 3 rings (SSSR count). The van der Waals surface area contributed by atoms with Crippen LogP contribution in [0.1, 0.15) is 25.8 Å². The average molecular weight is 420 g/mol. The van der Waals surface area contributed by atoms with Gasteiger partial charge in [-0.1, -0.05) is 24.9 Å². The Bertz CT molecular complexity index is 941. The van der Waals surface area contributed by atoms with E-state index >= 15 is 0 Å². The summed E-state index contributed by atoms with van der Waals surface area (Å²) < 4.78 is 27.9. The SMILES string of the molecule is CCCc1cc(Cl)c(-c2ncco2)c(Oc2nc(OC)cc(OC)n2)c1OCC. The molecule has 0 saturated carbocycles. The molecule has 0 aliphatic rings. The number of rotatable bonds is 9. The number of nitrogens with zero attached hydrogens (tertiary/aromatic N) is 3. The standard InChI is InChI=1S/C20H22ClN3O5/c1-5-7-12-10-13(21)16(19-22-8-9-28-19)18(17(12)27-6-2)29-20-23-14(25-3)11-15(24-20)26-4/h8-11H,5-7H2,1-4H3. The van der Waals surface area contributed by atoms with Gasteiger partial charge in [-0.25, -0.2) is 4.98 Å². The Morgan fingerprint density at radius 2 is 1.76 bits per heavy atom. The van der Waals surface area contributed by atoms with E-state index in [1.54, 1.807) is 6.07 Å². The third kappa shape index (κ3) is 4.54. The lowest BCUT2D eigenvalue weighted by Gasteiger charge is -2.18. The van der Waals surface area contributed by atoms with Crippen LogP contribution in [0.2, 0.25) is 5.02 Å². The summed E-state index contributed by atoms with van der Waals surface area (Å²) in [5, 5.41) is 0.421. The van der Waals surface area contributed by atoms with Crippen LogP contribution in [0.25, 0.3) is 11.5 Å². The zero-order valence-electron chi connectivity index (χ0n) is 16.7. The molecule has 0 N–H and O–H groups in total. The number of hydrogen-bond donors (Lipinski definition) is 0. The van der Waals surface area contributed by atoms with E-state index in [1.807, 2.05) is 13.0 Å². The van der Waals surface area contributed by atoms with Crippen LogP contribution < -0.4 is 18.9 Å². The predicted molar refractivity (Wildman–Crippen MR) is 107 cm³/mol. The second-order valence-electron chi connectivity index (χ2n) is 5.91. The van der Waals surface area contributed by atoms with E-state index in [-0.39, 0.29) is 6.01 Å². The molecule has 29 heavy (non-hydrogen) atoms. The molecule has 0 aliphatic heterocycles. The van der Waals surface area contributed by atoms with E-state index in [4.69, 9.17) is 35.0 Å². The van der Waals surface area contributed by atoms with Crippen LogP contribution in [-0.4, -0.2) is 35.8 Å². The molecule has 8 nitrogen and oxygen atoms in total. The zero-order valence-corrected chi connectivity index (χ0v) is 17.4. The highest BCUT2D eigenvalue weighted by molar-refractivity contribution is 6.33. The fourth-order valence-corrected chi connectivity index (χ4v) is 3.09. The summed E-state index contributed by atoms with van der Waals surface area (Å²) >= 11 is 6.59. The lowest BCUT2D eigenvalue weighted by Crippen LogP contribution is -2.04. The van der Waals surface area contributed by atoms with Crippen LogP contribution >= 0.6 is 11.6 Å². The van der Waals surface area contributed by atoms with Gasteiger partial charge in [-0.05, 0) is 25.0 Å². The molecule has 0 amide bonds. The van der Waals surface area contributed by atoms with Crippen LogP contribution in [0, 0.1) is 0 Å². The number of benzene rings is 1. The molecule has 0 unspecified atom stereocenters. The highest BCUT2D eigenvalue weighted by Gasteiger charge is 2.25. The van der Waals surface area contributed by atoms with E-state index < -0.39 is 0 Å². The average Bonchev–Trinajstić information content (AvgIpc) is 3.24. The zero-order chi connectivity index (χ0) is 20.8. The summed E-state index contributed by atoms with van der Waals surface area (Å²) in [4.78, 5) is 12.7. The third-order valence-electron chi connectivity index (χ3n) is 3.99. The second-order valence-corrected chi connectivity index (χ2v) is 6.32. The summed E-state index contributed by atoms with van der Waals surface area (Å²) in [5.41, 5.74) is 1.35. The van der Waals surface area contributed by atoms with Crippen LogP contribution in [0.15, 0.2) is 29.0 Å². The summed E-state index contributed by atoms with van der Waals surface area (Å²) in [6.07, 6.45) is 4.64. The summed E-state index contributed by atoms with van der Waals surface area (Å²) in [6.45, 7) is 4.40. The predicted octanol–water partition coefficient (Wildman–Crippen LogP) is 4.95. The van der Waals surface area contributed by atoms with Crippen molar-refractivity contribution in [1.82, 2.24) is 15.0 Å². The fourth-order valence-electron chi connectivity index (χ4n) is 2.79. The molecule has 0 spiro atoms. The van der Waals surface area contributed by atoms with Gasteiger partial charge in [0.25, 0.3) is 0 Å². The van der Waals surface area contributed by atoms with E-state index in [0.717, 1.165) is 18.4 Å². The number of hydrogen-bond acceptors (Lipinski definition) is 8. The van der Waals surface area contributed by atoms with Crippen molar-refractivity contribution < 1.29 is 23.4 Å². The van der Waals surface area contributed by atoms with Crippen LogP contribution in [0.3, 0.4) is 0 Å². The number of oxazole rings is 1. The van der Waals surface area contributed by atoms with Crippen molar-refractivity contribution in [1.29, 1.82) is 0 Å². The van der Waals surface area contributed by atoms with E-state index in [2.05, 4.69) is 21.9 Å². The fraction of sp³-hybridized carbons (Fsp3) is 0.350. The van der Waals surface area contributed by atoms with E-state index in [0.29, 0.717) is 46.3 Å². The van der Waals surface area contributed by atoms with Crippen molar-refractivity contribution in [2.45, 2.75) is 26.7 Å². The third-order valence-corrected chi connectivity index (χ3v) is 4.29.